The first kappa shape index (κ1) is 25.0. The largest absolute Gasteiger partial charge is 0.492 e. The number of rotatable bonds is 7. The van der Waals surface area contributed by atoms with Crippen molar-refractivity contribution in [3.8, 4) is 5.75 Å². The predicted molar refractivity (Wildman–Crippen MR) is 135 cm³/mol. The third-order valence-corrected chi connectivity index (χ3v) is 5.34. The second-order valence-corrected chi connectivity index (χ2v) is 9.02. The molecule has 0 atom stereocenters. The predicted octanol–water partition coefficient (Wildman–Crippen LogP) is 5.12. The van der Waals surface area contributed by atoms with E-state index < -0.39 is 11.8 Å². The van der Waals surface area contributed by atoms with Crippen molar-refractivity contribution in [1.82, 2.24) is 10.9 Å². The maximum atomic E-state index is 12.7. The van der Waals surface area contributed by atoms with E-state index in [0.717, 1.165) is 5.56 Å². The molecule has 176 valence electrons. The lowest BCUT2D eigenvalue weighted by Crippen LogP contribution is -2.41. The van der Waals surface area contributed by atoms with Gasteiger partial charge in [-0.3, -0.25) is 25.2 Å². The standard InChI is InChI=1S/C26H26BrN3O4/c1-16(2)15-34-23-13-10-19(27)14-22(23)26(33)30-29-24(31)18-8-11-20(12-9-18)28-25(32)21-7-5-4-6-17(21)3/h4-14,16H,15H2,1-3H3,(H,28,32)(H,29,31)(H,30,33). The number of hydrogen-bond acceptors (Lipinski definition) is 4. The van der Waals surface area contributed by atoms with Gasteiger partial charge >= 0.3 is 0 Å². The molecule has 0 radical (unpaired) electrons. The Morgan fingerprint density at radius 1 is 0.853 bits per heavy atom. The maximum Gasteiger partial charge on any atom is 0.273 e. The topological polar surface area (TPSA) is 96.5 Å². The summed E-state index contributed by atoms with van der Waals surface area (Å²) < 4.78 is 6.43. The normalized spacial score (nSPS) is 10.5. The van der Waals surface area contributed by atoms with Crippen molar-refractivity contribution in [3.63, 3.8) is 0 Å². The number of hydrazine groups is 1. The van der Waals surface area contributed by atoms with Gasteiger partial charge in [0.25, 0.3) is 17.7 Å². The summed E-state index contributed by atoms with van der Waals surface area (Å²) in [6.07, 6.45) is 0. The smallest absolute Gasteiger partial charge is 0.273 e. The Kier molecular flexibility index (Phi) is 8.43. The molecule has 3 aromatic carbocycles. The van der Waals surface area contributed by atoms with Crippen molar-refractivity contribution >= 4 is 39.3 Å². The molecule has 0 aliphatic rings. The molecule has 3 aromatic rings. The Labute approximate surface area is 207 Å². The highest BCUT2D eigenvalue weighted by Gasteiger charge is 2.16. The molecule has 0 heterocycles. The monoisotopic (exact) mass is 523 g/mol. The van der Waals surface area contributed by atoms with E-state index in [0.29, 0.717) is 45.1 Å². The second kappa shape index (κ2) is 11.5. The van der Waals surface area contributed by atoms with E-state index in [1.54, 1.807) is 54.6 Å². The fourth-order valence-corrected chi connectivity index (χ4v) is 3.41. The number of benzene rings is 3. The molecular formula is C26H26BrN3O4. The summed E-state index contributed by atoms with van der Waals surface area (Å²) in [6.45, 7) is 6.35. The van der Waals surface area contributed by atoms with Crippen molar-refractivity contribution in [2.75, 3.05) is 11.9 Å². The molecule has 0 saturated heterocycles. The van der Waals surface area contributed by atoms with Crippen LogP contribution in [0.3, 0.4) is 0 Å². The van der Waals surface area contributed by atoms with Gasteiger partial charge in [0.05, 0.1) is 12.2 Å². The number of hydrogen-bond donors (Lipinski definition) is 3. The number of halogens is 1. The van der Waals surface area contributed by atoms with E-state index in [9.17, 15) is 14.4 Å². The maximum absolute atomic E-state index is 12.7. The van der Waals surface area contributed by atoms with Crippen LogP contribution in [0.4, 0.5) is 5.69 Å². The first-order chi connectivity index (χ1) is 16.2. The van der Waals surface area contributed by atoms with Crippen LogP contribution in [0.15, 0.2) is 71.2 Å². The molecule has 0 spiro atoms. The molecule has 0 unspecified atom stereocenters. The molecule has 0 fully saturated rings. The van der Waals surface area contributed by atoms with Gasteiger partial charge in [-0.15, -0.1) is 0 Å². The first-order valence-electron chi connectivity index (χ1n) is 10.7. The molecule has 3 N–H and O–H groups in total. The fraction of sp³-hybridized carbons (Fsp3) is 0.192. The minimum atomic E-state index is -0.504. The van der Waals surface area contributed by atoms with Gasteiger partial charge in [-0.25, -0.2) is 0 Å². The summed E-state index contributed by atoms with van der Waals surface area (Å²) in [5.74, 6) is -0.506. The van der Waals surface area contributed by atoms with Crippen LogP contribution < -0.4 is 20.9 Å². The quantitative estimate of drug-likeness (QED) is 0.374. The van der Waals surface area contributed by atoms with Crippen molar-refractivity contribution in [2.24, 2.45) is 5.92 Å². The van der Waals surface area contributed by atoms with E-state index >= 15 is 0 Å². The Bertz CT molecular complexity index is 1190. The van der Waals surface area contributed by atoms with Gasteiger partial charge in [-0.2, -0.15) is 0 Å². The highest BCUT2D eigenvalue weighted by Crippen LogP contribution is 2.23. The van der Waals surface area contributed by atoms with Gasteiger partial charge in [0.15, 0.2) is 0 Å². The van der Waals surface area contributed by atoms with Crippen molar-refractivity contribution in [1.29, 1.82) is 0 Å². The minimum Gasteiger partial charge on any atom is -0.492 e. The van der Waals surface area contributed by atoms with Crippen LogP contribution in [-0.2, 0) is 0 Å². The SMILES string of the molecule is Cc1ccccc1C(=O)Nc1ccc(C(=O)NNC(=O)c2cc(Br)ccc2OCC(C)C)cc1. The molecule has 0 aliphatic heterocycles. The minimum absolute atomic E-state index is 0.230. The van der Waals surface area contributed by atoms with Crippen LogP contribution >= 0.6 is 15.9 Å². The van der Waals surface area contributed by atoms with Crippen molar-refractivity contribution in [2.45, 2.75) is 20.8 Å². The zero-order chi connectivity index (χ0) is 24.7. The van der Waals surface area contributed by atoms with Gasteiger partial charge < -0.3 is 10.1 Å². The van der Waals surface area contributed by atoms with Gasteiger partial charge in [0, 0.05) is 21.3 Å². The number of carbonyl (C=O) groups is 3. The van der Waals surface area contributed by atoms with Gasteiger partial charge in [-0.1, -0.05) is 48.0 Å². The molecule has 8 heteroatoms. The Balaban J connectivity index is 1.60. The lowest BCUT2D eigenvalue weighted by molar-refractivity contribution is 0.0844. The molecule has 34 heavy (non-hydrogen) atoms. The average Bonchev–Trinajstić information content (AvgIpc) is 2.82. The van der Waals surface area contributed by atoms with Crippen LogP contribution in [0.1, 0.15) is 50.5 Å². The Hall–Kier alpha value is -3.65. The van der Waals surface area contributed by atoms with E-state index in [1.165, 1.54) is 0 Å². The third-order valence-electron chi connectivity index (χ3n) is 4.84. The summed E-state index contributed by atoms with van der Waals surface area (Å²) in [7, 11) is 0. The molecule has 0 bridgehead atoms. The molecule has 3 rings (SSSR count). The molecule has 0 saturated carbocycles. The summed E-state index contributed by atoms with van der Waals surface area (Å²) in [5.41, 5.74) is 7.44. The molecule has 0 aliphatic carbocycles. The molecule has 0 aromatic heterocycles. The number of amides is 3. The lowest BCUT2D eigenvalue weighted by atomic mass is 10.1. The van der Waals surface area contributed by atoms with Gasteiger partial charge in [0.2, 0.25) is 0 Å². The number of nitrogens with one attached hydrogen (secondary N) is 3. The Morgan fingerprint density at radius 2 is 1.53 bits per heavy atom. The van der Waals surface area contributed by atoms with E-state index in [4.69, 9.17) is 4.74 Å². The van der Waals surface area contributed by atoms with Crippen LogP contribution in [0.2, 0.25) is 0 Å². The number of aryl methyl sites for hydroxylation is 1. The van der Waals surface area contributed by atoms with Crippen LogP contribution in [0.5, 0.6) is 5.75 Å². The third kappa shape index (κ3) is 6.68. The molecule has 7 nitrogen and oxygen atoms in total. The fourth-order valence-electron chi connectivity index (χ4n) is 3.05. The average molecular weight is 524 g/mol. The van der Waals surface area contributed by atoms with Crippen molar-refractivity contribution in [3.05, 3.63) is 93.5 Å². The first-order valence-corrected chi connectivity index (χ1v) is 11.5. The van der Waals surface area contributed by atoms with E-state index in [1.807, 2.05) is 32.9 Å². The van der Waals surface area contributed by atoms with Gasteiger partial charge in [0.1, 0.15) is 5.75 Å². The van der Waals surface area contributed by atoms with Crippen LogP contribution in [0.25, 0.3) is 0 Å². The number of anilines is 1. The van der Waals surface area contributed by atoms with Gasteiger partial charge in [-0.05, 0) is 66.9 Å². The Morgan fingerprint density at radius 3 is 2.21 bits per heavy atom. The van der Waals surface area contributed by atoms with Crippen LogP contribution in [-0.4, -0.2) is 24.3 Å². The summed E-state index contributed by atoms with van der Waals surface area (Å²) >= 11 is 3.35. The lowest BCUT2D eigenvalue weighted by Gasteiger charge is -2.14. The molecule has 3 amide bonds. The zero-order valence-electron chi connectivity index (χ0n) is 19.1. The highest BCUT2D eigenvalue weighted by molar-refractivity contribution is 9.10. The number of carbonyl (C=O) groups excluding carboxylic acids is 3. The summed E-state index contributed by atoms with van der Waals surface area (Å²) in [6, 6.07) is 18.8. The molecular weight excluding hydrogens is 498 g/mol. The van der Waals surface area contributed by atoms with E-state index in [2.05, 4.69) is 32.1 Å². The summed E-state index contributed by atoms with van der Waals surface area (Å²) in [4.78, 5) is 37.6. The summed E-state index contributed by atoms with van der Waals surface area (Å²) in [5, 5.41) is 2.81. The number of ether oxygens (including phenoxy) is 1. The van der Waals surface area contributed by atoms with Crippen LogP contribution in [0, 0.1) is 12.8 Å². The van der Waals surface area contributed by atoms with E-state index in [-0.39, 0.29) is 5.91 Å². The zero-order valence-corrected chi connectivity index (χ0v) is 20.7. The van der Waals surface area contributed by atoms with Crippen molar-refractivity contribution < 1.29 is 19.1 Å². The second-order valence-electron chi connectivity index (χ2n) is 8.10. The highest BCUT2D eigenvalue weighted by atomic mass is 79.9.